The molecule has 3 rings (SSSR count). The molecule has 1 atom stereocenters. The first-order valence-corrected chi connectivity index (χ1v) is 8.54. The van der Waals surface area contributed by atoms with E-state index in [-0.39, 0.29) is 11.1 Å². The van der Waals surface area contributed by atoms with Crippen LogP contribution in [-0.4, -0.2) is 34.9 Å². The first-order valence-electron chi connectivity index (χ1n) is 8.16. The highest BCUT2D eigenvalue weighted by Crippen LogP contribution is 2.27. The highest BCUT2D eigenvalue weighted by atomic mass is 35.5. The molecule has 0 bridgehead atoms. The van der Waals surface area contributed by atoms with Gasteiger partial charge in [-0.3, -0.25) is 0 Å². The van der Waals surface area contributed by atoms with Gasteiger partial charge in [-0.15, -0.1) is 5.10 Å². The number of hydrogen-bond donors (Lipinski definition) is 0. The maximum atomic E-state index is 13.4. The lowest BCUT2D eigenvalue weighted by atomic mass is 10.1. The molecule has 1 fully saturated rings. The van der Waals surface area contributed by atoms with Crippen LogP contribution in [0.4, 0.5) is 10.3 Å². The number of morpholine rings is 1. The van der Waals surface area contributed by atoms with Crippen LogP contribution in [0.15, 0.2) is 18.2 Å². The molecule has 5 nitrogen and oxygen atoms in total. The molecule has 24 heavy (non-hydrogen) atoms. The molecule has 1 aromatic carbocycles. The molecule has 1 saturated heterocycles. The normalized spacial score (nSPS) is 18.0. The van der Waals surface area contributed by atoms with Crippen LogP contribution in [0.3, 0.4) is 0 Å². The summed E-state index contributed by atoms with van der Waals surface area (Å²) < 4.78 is 19.2. The number of halogens is 2. The van der Waals surface area contributed by atoms with Crippen molar-refractivity contribution in [3.8, 4) is 0 Å². The van der Waals surface area contributed by atoms with Gasteiger partial charge in [-0.2, -0.15) is 5.10 Å². The van der Waals surface area contributed by atoms with Crippen LogP contribution in [0.25, 0.3) is 0 Å². The van der Waals surface area contributed by atoms with E-state index >= 15 is 0 Å². The van der Waals surface area contributed by atoms with Crippen molar-refractivity contribution in [1.82, 2.24) is 15.2 Å². The third kappa shape index (κ3) is 3.49. The quantitative estimate of drug-likeness (QED) is 0.846. The number of rotatable bonds is 4. The Hall–Kier alpha value is -1.79. The van der Waals surface area contributed by atoms with Crippen LogP contribution in [0, 0.1) is 5.82 Å². The Kier molecular flexibility index (Phi) is 5.26. The Morgan fingerprint density at radius 3 is 2.75 bits per heavy atom. The Balaban J connectivity index is 1.81. The molecule has 2 heterocycles. The summed E-state index contributed by atoms with van der Waals surface area (Å²) in [6.07, 6.45) is 1.45. The second-order valence-electron chi connectivity index (χ2n) is 5.69. The minimum absolute atomic E-state index is 0.103. The van der Waals surface area contributed by atoms with Crippen molar-refractivity contribution in [3.05, 3.63) is 46.0 Å². The standard InChI is InChI=1S/C17H20ClFN4O/c1-3-14-15(4-2)21-22-17(20-14)23-7-8-24-16(10-23)11-5-6-13(19)12(18)9-11/h5-6,9,16H,3-4,7-8,10H2,1-2H3. The molecule has 0 radical (unpaired) electrons. The van der Waals surface area contributed by atoms with E-state index in [9.17, 15) is 4.39 Å². The average Bonchev–Trinajstić information content (AvgIpc) is 2.63. The number of ether oxygens (including phenoxy) is 1. The zero-order valence-corrected chi connectivity index (χ0v) is 14.6. The monoisotopic (exact) mass is 350 g/mol. The van der Waals surface area contributed by atoms with Crippen LogP contribution in [0.2, 0.25) is 5.02 Å². The lowest BCUT2D eigenvalue weighted by Crippen LogP contribution is -2.39. The molecule has 0 amide bonds. The van der Waals surface area contributed by atoms with Gasteiger partial charge in [0.2, 0.25) is 5.95 Å². The van der Waals surface area contributed by atoms with E-state index in [0.717, 1.165) is 29.8 Å². The summed E-state index contributed by atoms with van der Waals surface area (Å²) >= 11 is 5.88. The lowest BCUT2D eigenvalue weighted by molar-refractivity contribution is 0.0391. The van der Waals surface area contributed by atoms with Crippen molar-refractivity contribution < 1.29 is 9.13 Å². The zero-order valence-electron chi connectivity index (χ0n) is 13.8. The van der Waals surface area contributed by atoms with E-state index in [1.807, 2.05) is 6.92 Å². The SMILES string of the molecule is CCc1nnc(N2CCOC(c3ccc(F)c(Cl)c3)C2)nc1CC. The number of aryl methyl sites for hydroxylation is 2. The number of aromatic nitrogens is 3. The molecule has 2 aromatic rings. The summed E-state index contributed by atoms with van der Waals surface area (Å²) in [5.74, 6) is 0.189. The van der Waals surface area contributed by atoms with Gasteiger partial charge in [-0.1, -0.05) is 31.5 Å². The predicted octanol–water partition coefficient (Wildman–Crippen LogP) is 3.37. The number of nitrogens with zero attached hydrogens (tertiary/aromatic N) is 4. The molecular weight excluding hydrogens is 331 g/mol. The van der Waals surface area contributed by atoms with Crippen molar-refractivity contribution >= 4 is 17.5 Å². The molecule has 1 aliphatic rings. The molecule has 128 valence electrons. The molecule has 7 heteroatoms. The van der Waals surface area contributed by atoms with Crippen LogP contribution < -0.4 is 4.90 Å². The topological polar surface area (TPSA) is 51.1 Å². The van der Waals surface area contributed by atoms with Gasteiger partial charge in [0, 0.05) is 6.54 Å². The van der Waals surface area contributed by atoms with Crippen LogP contribution in [-0.2, 0) is 17.6 Å². The van der Waals surface area contributed by atoms with E-state index in [1.54, 1.807) is 12.1 Å². The van der Waals surface area contributed by atoms with Gasteiger partial charge < -0.3 is 9.64 Å². The van der Waals surface area contributed by atoms with Crippen molar-refractivity contribution in [2.24, 2.45) is 0 Å². The highest BCUT2D eigenvalue weighted by molar-refractivity contribution is 6.30. The summed E-state index contributed by atoms with van der Waals surface area (Å²) in [6, 6.07) is 4.68. The van der Waals surface area contributed by atoms with Crippen molar-refractivity contribution in [1.29, 1.82) is 0 Å². The van der Waals surface area contributed by atoms with Crippen molar-refractivity contribution in [3.63, 3.8) is 0 Å². The predicted molar refractivity (Wildman–Crippen MR) is 90.9 cm³/mol. The third-order valence-corrected chi connectivity index (χ3v) is 4.45. The van der Waals surface area contributed by atoms with Gasteiger partial charge in [0.15, 0.2) is 0 Å². The smallest absolute Gasteiger partial charge is 0.245 e. The fourth-order valence-electron chi connectivity index (χ4n) is 2.81. The van der Waals surface area contributed by atoms with Crippen LogP contribution >= 0.6 is 11.6 Å². The number of benzene rings is 1. The molecular formula is C17H20ClFN4O. The van der Waals surface area contributed by atoms with E-state index in [4.69, 9.17) is 16.3 Å². The summed E-state index contributed by atoms with van der Waals surface area (Å²) in [5, 5.41) is 8.67. The average molecular weight is 351 g/mol. The fraction of sp³-hybridized carbons (Fsp3) is 0.471. The summed E-state index contributed by atoms with van der Waals surface area (Å²) in [7, 11) is 0. The van der Waals surface area contributed by atoms with E-state index in [2.05, 4.69) is 27.0 Å². The Morgan fingerprint density at radius 1 is 1.25 bits per heavy atom. The lowest BCUT2D eigenvalue weighted by Gasteiger charge is -2.33. The minimum atomic E-state index is -0.427. The Labute approximate surface area is 145 Å². The first kappa shape index (κ1) is 17.0. The minimum Gasteiger partial charge on any atom is -0.370 e. The molecule has 0 N–H and O–H groups in total. The van der Waals surface area contributed by atoms with E-state index in [0.29, 0.717) is 25.6 Å². The molecule has 0 saturated carbocycles. The third-order valence-electron chi connectivity index (χ3n) is 4.16. The molecule has 1 aliphatic heterocycles. The Morgan fingerprint density at radius 2 is 2.04 bits per heavy atom. The number of hydrogen-bond acceptors (Lipinski definition) is 5. The number of anilines is 1. The van der Waals surface area contributed by atoms with Gasteiger partial charge in [0.1, 0.15) is 11.9 Å². The van der Waals surface area contributed by atoms with Gasteiger partial charge in [-0.25, -0.2) is 9.37 Å². The fourth-order valence-corrected chi connectivity index (χ4v) is 3.00. The molecule has 1 unspecified atom stereocenters. The van der Waals surface area contributed by atoms with E-state index in [1.165, 1.54) is 6.07 Å². The van der Waals surface area contributed by atoms with Gasteiger partial charge in [-0.05, 0) is 30.5 Å². The summed E-state index contributed by atoms with van der Waals surface area (Å²) in [4.78, 5) is 6.71. The second kappa shape index (κ2) is 7.40. The molecule has 0 aliphatic carbocycles. The van der Waals surface area contributed by atoms with Crippen LogP contribution in [0.5, 0.6) is 0 Å². The highest BCUT2D eigenvalue weighted by Gasteiger charge is 2.25. The maximum absolute atomic E-state index is 13.4. The van der Waals surface area contributed by atoms with Gasteiger partial charge in [0.25, 0.3) is 0 Å². The van der Waals surface area contributed by atoms with Gasteiger partial charge >= 0.3 is 0 Å². The maximum Gasteiger partial charge on any atom is 0.245 e. The summed E-state index contributed by atoms with van der Waals surface area (Å²) in [5.41, 5.74) is 2.77. The van der Waals surface area contributed by atoms with Crippen molar-refractivity contribution in [2.75, 3.05) is 24.6 Å². The van der Waals surface area contributed by atoms with Gasteiger partial charge in [0.05, 0.1) is 29.6 Å². The largest absolute Gasteiger partial charge is 0.370 e. The zero-order chi connectivity index (χ0) is 17.1. The second-order valence-corrected chi connectivity index (χ2v) is 6.10. The van der Waals surface area contributed by atoms with Crippen molar-refractivity contribution in [2.45, 2.75) is 32.8 Å². The van der Waals surface area contributed by atoms with E-state index < -0.39 is 5.82 Å². The molecule has 1 aromatic heterocycles. The van der Waals surface area contributed by atoms with Crippen LogP contribution in [0.1, 0.15) is 36.9 Å². The summed E-state index contributed by atoms with van der Waals surface area (Å²) in [6.45, 7) is 5.93. The molecule has 0 spiro atoms. The first-order chi connectivity index (χ1) is 11.6. The Bertz CT molecular complexity index is 728.